The Balaban J connectivity index is 1.35. The van der Waals surface area contributed by atoms with Gasteiger partial charge in [-0.1, -0.05) is 54.6 Å². The number of anilines is 2. The molecule has 8 nitrogen and oxygen atoms in total. The van der Waals surface area contributed by atoms with Crippen LogP contribution in [0, 0.1) is 0 Å². The maximum absolute atomic E-state index is 13.8. The summed E-state index contributed by atoms with van der Waals surface area (Å²) in [6.07, 6.45) is 4.45. The van der Waals surface area contributed by atoms with Gasteiger partial charge in [-0.15, -0.1) is 10.8 Å². The lowest BCUT2D eigenvalue weighted by molar-refractivity contribution is 0.0823. The number of fused-ring (bicyclic) bond motifs is 1. The number of amides is 1. The van der Waals surface area contributed by atoms with Crippen LogP contribution in [-0.2, 0) is 12.8 Å². The van der Waals surface area contributed by atoms with Crippen molar-refractivity contribution in [2.75, 3.05) is 35.0 Å². The van der Waals surface area contributed by atoms with Crippen molar-refractivity contribution in [1.82, 2.24) is 10.6 Å². The average Bonchev–Trinajstić information content (AvgIpc) is 2.99. The second-order valence-corrected chi connectivity index (χ2v) is 13.4. The van der Waals surface area contributed by atoms with Crippen LogP contribution in [0.2, 0.25) is 0 Å². The second kappa shape index (κ2) is 13.9. The van der Waals surface area contributed by atoms with E-state index in [9.17, 15) is 19.0 Å². The maximum atomic E-state index is 13.8. The molecule has 1 fully saturated rings. The fourth-order valence-electron chi connectivity index (χ4n) is 6.07. The van der Waals surface area contributed by atoms with Crippen molar-refractivity contribution in [3.05, 3.63) is 95.1 Å². The van der Waals surface area contributed by atoms with Crippen molar-refractivity contribution in [2.45, 2.75) is 63.6 Å². The summed E-state index contributed by atoms with van der Waals surface area (Å²) in [6.45, 7) is 3.50. The Kier molecular flexibility index (Phi) is 10.1. The number of rotatable bonds is 11. The van der Waals surface area contributed by atoms with Gasteiger partial charge >= 0.3 is 0 Å². The molecule has 1 aliphatic heterocycles. The third kappa shape index (κ3) is 7.46. The summed E-state index contributed by atoms with van der Waals surface area (Å²) in [6, 6.07) is 23.3. The first-order valence-electron chi connectivity index (χ1n) is 15.1. The van der Waals surface area contributed by atoms with Crippen molar-refractivity contribution in [3.8, 4) is 0 Å². The Bertz CT molecular complexity index is 1340. The van der Waals surface area contributed by atoms with Crippen LogP contribution in [0.4, 0.5) is 11.4 Å². The summed E-state index contributed by atoms with van der Waals surface area (Å²) < 4.78 is 23.1. The Labute approximate surface area is 251 Å². The van der Waals surface area contributed by atoms with E-state index in [0.29, 0.717) is 43.1 Å². The van der Waals surface area contributed by atoms with Crippen LogP contribution in [0.15, 0.2) is 72.8 Å². The number of aryl methyl sites for hydroxylation is 1. The van der Waals surface area contributed by atoms with Gasteiger partial charge in [-0.05, 0) is 80.3 Å². The fraction of sp³-hybridized carbons (Fsp3) is 0.424. The molecule has 5 rings (SSSR count). The normalized spacial score (nSPS) is 20.2. The van der Waals surface area contributed by atoms with E-state index in [1.807, 2.05) is 43.3 Å². The van der Waals surface area contributed by atoms with Gasteiger partial charge in [0.25, 0.3) is 5.91 Å². The van der Waals surface area contributed by atoms with Crippen LogP contribution in [-0.4, -0.2) is 57.7 Å². The highest BCUT2D eigenvalue weighted by Gasteiger charge is 2.29. The van der Waals surface area contributed by atoms with Crippen LogP contribution >= 0.6 is 10.8 Å². The smallest absolute Gasteiger partial charge is 0.251 e. The number of carbonyl (C=O) groups is 1. The minimum atomic E-state index is -2.94. The molecular weight excluding hydrogens is 548 g/mol. The summed E-state index contributed by atoms with van der Waals surface area (Å²) >= 11 is 0. The summed E-state index contributed by atoms with van der Waals surface area (Å²) in [4.78, 5) is 13.8. The third-order valence-corrected chi connectivity index (χ3v) is 10.2. The summed E-state index contributed by atoms with van der Waals surface area (Å²) in [7, 11) is -2.94. The maximum Gasteiger partial charge on any atom is 0.251 e. The molecule has 1 aliphatic carbocycles. The number of benzene rings is 3. The molecule has 0 bridgehead atoms. The summed E-state index contributed by atoms with van der Waals surface area (Å²) in [5, 5.41) is 21.4. The zero-order valence-corrected chi connectivity index (χ0v) is 25.2. The zero-order chi connectivity index (χ0) is 29.5. The highest BCUT2D eigenvalue weighted by atomic mass is 32.3. The first kappa shape index (κ1) is 30.4. The molecule has 9 heteroatoms. The molecule has 0 saturated carbocycles. The van der Waals surface area contributed by atoms with Crippen molar-refractivity contribution in [1.29, 1.82) is 0 Å². The average molecular weight is 593 g/mol. The molecule has 1 amide bonds. The highest BCUT2D eigenvalue weighted by Crippen LogP contribution is 2.50. The number of hydrogen-bond donors (Lipinski definition) is 6. The molecule has 0 spiro atoms. The van der Waals surface area contributed by atoms with Crippen molar-refractivity contribution < 1.29 is 19.0 Å². The molecule has 1 unspecified atom stereocenters. The standard InChI is InChI=1S/C33H44N4O4S/c1-2-34-27-20-26(21-28(22-27)37-17-8-9-18-42(37,40)41)33(39)36-31(19-24-11-4-3-5-12-24)32(38)23-35-30-16-10-14-25-13-6-7-15-29(25)30/h3-7,11-13,15,20-22,30-32,34-35,38,40-41H,2,8-10,14,16-19,23H2,1H3,(H,36,39)/t30?,31-,32-/m0/s1. The van der Waals surface area contributed by atoms with Gasteiger partial charge in [-0.2, -0.15) is 0 Å². The molecule has 42 heavy (non-hydrogen) atoms. The molecule has 226 valence electrons. The van der Waals surface area contributed by atoms with Crippen molar-refractivity contribution in [3.63, 3.8) is 0 Å². The van der Waals surface area contributed by atoms with E-state index in [1.165, 1.54) is 11.1 Å². The van der Waals surface area contributed by atoms with Gasteiger partial charge in [0.1, 0.15) is 0 Å². The lowest BCUT2D eigenvalue weighted by atomic mass is 9.87. The van der Waals surface area contributed by atoms with E-state index in [1.54, 1.807) is 16.4 Å². The molecular formula is C33H44N4O4S. The minimum Gasteiger partial charge on any atom is -0.390 e. The molecule has 0 aromatic heterocycles. The largest absolute Gasteiger partial charge is 0.390 e. The number of nitrogens with one attached hydrogen (secondary N) is 3. The lowest BCUT2D eigenvalue weighted by Crippen LogP contribution is -2.49. The quantitative estimate of drug-likeness (QED) is 0.168. The SMILES string of the molecule is CCNc1cc(C(=O)N[C@@H](Cc2ccccc2)[C@@H](O)CNC2CCCc3ccccc32)cc(N2CCCCS2(O)O)c1. The fourth-order valence-corrected chi connectivity index (χ4v) is 7.75. The van der Waals surface area contributed by atoms with Crippen LogP contribution in [0.3, 0.4) is 0 Å². The Hall–Kier alpha value is -3.08. The number of aliphatic hydroxyl groups is 1. The zero-order valence-electron chi connectivity index (χ0n) is 24.3. The molecule has 1 saturated heterocycles. The second-order valence-electron chi connectivity index (χ2n) is 11.3. The van der Waals surface area contributed by atoms with Crippen LogP contribution in [0.1, 0.15) is 65.7 Å². The monoisotopic (exact) mass is 592 g/mol. The van der Waals surface area contributed by atoms with Gasteiger partial charge in [0.15, 0.2) is 0 Å². The molecule has 3 aromatic carbocycles. The Morgan fingerprint density at radius 2 is 1.81 bits per heavy atom. The highest BCUT2D eigenvalue weighted by molar-refractivity contribution is 8.25. The first-order valence-corrected chi connectivity index (χ1v) is 16.8. The van der Waals surface area contributed by atoms with Crippen LogP contribution < -0.4 is 20.3 Å². The van der Waals surface area contributed by atoms with Crippen LogP contribution in [0.5, 0.6) is 0 Å². The van der Waals surface area contributed by atoms with Crippen molar-refractivity contribution in [2.24, 2.45) is 0 Å². The molecule has 3 aromatic rings. The summed E-state index contributed by atoms with van der Waals surface area (Å²) in [5.74, 6) is 0.0107. The molecule has 0 radical (unpaired) electrons. The van der Waals surface area contributed by atoms with E-state index in [2.05, 4.69) is 40.2 Å². The predicted molar refractivity (Wildman–Crippen MR) is 172 cm³/mol. The lowest BCUT2D eigenvalue weighted by Gasteiger charge is -2.47. The molecule has 1 heterocycles. The Morgan fingerprint density at radius 1 is 1.02 bits per heavy atom. The third-order valence-electron chi connectivity index (χ3n) is 8.25. The number of nitrogens with zero attached hydrogens (tertiary/aromatic N) is 1. The summed E-state index contributed by atoms with van der Waals surface area (Å²) in [5.41, 5.74) is 5.41. The van der Waals surface area contributed by atoms with E-state index >= 15 is 0 Å². The van der Waals surface area contributed by atoms with Crippen LogP contribution in [0.25, 0.3) is 0 Å². The van der Waals surface area contributed by atoms with E-state index in [0.717, 1.165) is 43.4 Å². The van der Waals surface area contributed by atoms with E-state index in [-0.39, 0.29) is 11.9 Å². The van der Waals surface area contributed by atoms with Gasteiger partial charge in [0.05, 0.1) is 23.6 Å². The van der Waals surface area contributed by atoms with Gasteiger partial charge in [0, 0.05) is 36.9 Å². The number of carbonyl (C=O) groups excluding carboxylic acids is 1. The topological polar surface area (TPSA) is 117 Å². The minimum absolute atomic E-state index is 0.168. The molecule has 2 aliphatic rings. The van der Waals surface area contributed by atoms with Gasteiger partial charge < -0.3 is 21.1 Å². The number of hydrogen-bond acceptors (Lipinski definition) is 7. The van der Waals surface area contributed by atoms with Gasteiger partial charge in [-0.25, -0.2) is 0 Å². The predicted octanol–water partition coefficient (Wildman–Crippen LogP) is 5.75. The number of aliphatic hydroxyl groups excluding tert-OH is 1. The molecule has 6 N–H and O–H groups in total. The van der Waals surface area contributed by atoms with Crippen molar-refractivity contribution >= 4 is 28.1 Å². The van der Waals surface area contributed by atoms with Gasteiger partial charge in [0.2, 0.25) is 0 Å². The van der Waals surface area contributed by atoms with E-state index < -0.39 is 22.9 Å². The Morgan fingerprint density at radius 3 is 2.60 bits per heavy atom. The first-order chi connectivity index (χ1) is 20.3. The van der Waals surface area contributed by atoms with Gasteiger partial charge in [-0.3, -0.25) is 18.2 Å². The van der Waals surface area contributed by atoms with E-state index in [4.69, 9.17) is 0 Å². The molecule has 3 atom stereocenters.